The topological polar surface area (TPSA) is 98.4 Å². The highest BCUT2D eigenvalue weighted by molar-refractivity contribution is 5.55. The molecule has 3 aromatic rings. The number of anilines is 3. The molecule has 0 radical (unpaired) electrons. The summed E-state index contributed by atoms with van der Waals surface area (Å²) in [6.45, 7) is 0.819. The molecule has 3 heterocycles. The maximum absolute atomic E-state index is 13.3. The Morgan fingerprint density at radius 1 is 1.21 bits per heavy atom. The first-order valence-corrected chi connectivity index (χ1v) is 8.81. The molecule has 1 aliphatic rings. The fraction of sp³-hybridized carbons (Fsp3) is 0.471. The standard InChI is InChI=1S/C17H20F3N9/c1-16(2,29-22-6-7-23-29)12-8-13(28(3)27-12)25-15-21-9-11(17(18,19)20)14(26-15)24-10-4-5-10/h6-10H,4-5H2,1-3H3,(H2,21,24,25,26)/i3D3. The molecule has 4 rings (SSSR count). The van der Waals surface area contributed by atoms with E-state index in [1.165, 1.54) is 23.3 Å². The largest absolute Gasteiger partial charge is 0.421 e. The molecular weight excluding hydrogens is 387 g/mol. The van der Waals surface area contributed by atoms with Gasteiger partial charge in [-0.3, -0.25) is 4.68 Å². The number of rotatable bonds is 6. The summed E-state index contributed by atoms with van der Waals surface area (Å²) in [6, 6.07) is 1.37. The van der Waals surface area contributed by atoms with Gasteiger partial charge in [0.05, 0.1) is 18.1 Å². The molecule has 0 amide bonds. The SMILES string of the molecule is [2H]C([2H])([2H])n1nc(C(C)(C)n2nccn2)cc1Nc1ncc(C(F)(F)F)c(NC2CC2)n1. The van der Waals surface area contributed by atoms with Gasteiger partial charge in [-0.15, -0.1) is 0 Å². The van der Waals surface area contributed by atoms with Crippen molar-refractivity contribution in [2.45, 2.75) is 44.4 Å². The van der Waals surface area contributed by atoms with Crippen LogP contribution in [0.5, 0.6) is 0 Å². The Bertz CT molecular complexity index is 1100. The van der Waals surface area contributed by atoms with Crippen molar-refractivity contribution in [2.75, 3.05) is 10.6 Å². The van der Waals surface area contributed by atoms with E-state index in [4.69, 9.17) is 4.11 Å². The van der Waals surface area contributed by atoms with Crippen molar-refractivity contribution in [1.82, 2.24) is 34.7 Å². The van der Waals surface area contributed by atoms with Gasteiger partial charge in [0, 0.05) is 29.4 Å². The molecule has 0 spiro atoms. The molecule has 29 heavy (non-hydrogen) atoms. The first kappa shape index (κ1) is 15.7. The molecule has 0 bridgehead atoms. The zero-order chi connectivity index (χ0) is 23.3. The molecule has 154 valence electrons. The lowest BCUT2D eigenvalue weighted by Crippen LogP contribution is -2.30. The van der Waals surface area contributed by atoms with Gasteiger partial charge in [-0.25, -0.2) is 4.98 Å². The molecular formula is C17H20F3N9. The van der Waals surface area contributed by atoms with Crippen LogP contribution in [0.2, 0.25) is 0 Å². The van der Waals surface area contributed by atoms with Gasteiger partial charge in [0.25, 0.3) is 0 Å². The van der Waals surface area contributed by atoms with Crippen LogP contribution in [0.25, 0.3) is 0 Å². The van der Waals surface area contributed by atoms with E-state index in [0.717, 1.165) is 17.5 Å². The van der Waals surface area contributed by atoms with Gasteiger partial charge in [-0.2, -0.15) is 38.2 Å². The average molecular weight is 410 g/mol. The van der Waals surface area contributed by atoms with Crippen molar-refractivity contribution in [3.8, 4) is 0 Å². The molecule has 0 aromatic carbocycles. The number of halogens is 3. The summed E-state index contributed by atoms with van der Waals surface area (Å²) >= 11 is 0. The summed E-state index contributed by atoms with van der Waals surface area (Å²) < 4.78 is 64.1. The lowest BCUT2D eigenvalue weighted by atomic mass is 10.0. The van der Waals surface area contributed by atoms with Crippen molar-refractivity contribution >= 4 is 17.6 Å². The lowest BCUT2D eigenvalue weighted by molar-refractivity contribution is -0.137. The fourth-order valence-corrected chi connectivity index (χ4v) is 2.67. The summed E-state index contributed by atoms with van der Waals surface area (Å²) in [5.74, 6) is -0.579. The van der Waals surface area contributed by atoms with E-state index in [9.17, 15) is 13.2 Å². The van der Waals surface area contributed by atoms with Crippen molar-refractivity contribution in [3.63, 3.8) is 0 Å². The zero-order valence-corrected chi connectivity index (χ0v) is 15.6. The van der Waals surface area contributed by atoms with Gasteiger partial charge in [-0.1, -0.05) is 0 Å². The molecule has 0 aliphatic heterocycles. The fourth-order valence-electron chi connectivity index (χ4n) is 2.67. The second-order valence-electron chi connectivity index (χ2n) is 7.20. The lowest BCUT2D eigenvalue weighted by Gasteiger charge is -2.20. The Labute approximate surface area is 168 Å². The minimum Gasteiger partial charge on any atom is -0.367 e. The van der Waals surface area contributed by atoms with Crippen LogP contribution in [0.15, 0.2) is 24.7 Å². The predicted octanol–water partition coefficient (Wildman–Crippen LogP) is 2.92. The molecule has 1 fully saturated rings. The summed E-state index contributed by atoms with van der Waals surface area (Å²) in [6.07, 6.45) is 0.475. The Hall–Kier alpha value is -3.18. The summed E-state index contributed by atoms with van der Waals surface area (Å²) in [5.41, 5.74) is -1.59. The Kier molecular flexibility index (Phi) is 3.63. The number of aromatic nitrogens is 7. The van der Waals surface area contributed by atoms with Crippen LogP contribution in [0.1, 0.15) is 42.1 Å². The third-order valence-electron chi connectivity index (χ3n) is 4.51. The summed E-state index contributed by atoms with van der Waals surface area (Å²) in [7, 11) is 0. The monoisotopic (exact) mass is 410 g/mol. The van der Waals surface area contributed by atoms with Crippen molar-refractivity contribution in [2.24, 2.45) is 6.98 Å². The Morgan fingerprint density at radius 2 is 1.93 bits per heavy atom. The second-order valence-corrected chi connectivity index (χ2v) is 7.20. The van der Waals surface area contributed by atoms with E-state index in [1.807, 2.05) is 0 Å². The number of nitrogens with one attached hydrogen (secondary N) is 2. The van der Waals surface area contributed by atoms with Crippen LogP contribution in [-0.2, 0) is 18.7 Å². The first-order valence-electron chi connectivity index (χ1n) is 10.3. The molecule has 1 saturated carbocycles. The average Bonchev–Trinajstić information content (AvgIpc) is 3.16. The van der Waals surface area contributed by atoms with Crippen molar-refractivity contribution in [1.29, 1.82) is 0 Å². The van der Waals surface area contributed by atoms with Crippen molar-refractivity contribution in [3.05, 3.63) is 35.9 Å². The highest BCUT2D eigenvalue weighted by Crippen LogP contribution is 2.36. The molecule has 12 heteroatoms. The molecule has 0 unspecified atom stereocenters. The number of hydrogen-bond acceptors (Lipinski definition) is 7. The first-order chi connectivity index (χ1) is 14.9. The highest BCUT2D eigenvalue weighted by atomic mass is 19.4. The summed E-state index contributed by atoms with van der Waals surface area (Å²) in [4.78, 5) is 9.06. The molecule has 3 aromatic heterocycles. The zero-order valence-electron chi connectivity index (χ0n) is 18.6. The smallest absolute Gasteiger partial charge is 0.367 e. The number of nitrogens with zero attached hydrogens (tertiary/aromatic N) is 7. The second kappa shape index (κ2) is 6.71. The minimum atomic E-state index is -4.63. The minimum absolute atomic E-state index is 0.0163. The van der Waals surface area contributed by atoms with E-state index in [0.29, 0.717) is 11.9 Å². The molecule has 2 N–H and O–H groups in total. The van der Waals surface area contributed by atoms with E-state index in [-0.39, 0.29) is 23.6 Å². The van der Waals surface area contributed by atoms with Gasteiger partial charge >= 0.3 is 6.18 Å². The van der Waals surface area contributed by atoms with Gasteiger partial charge in [0.2, 0.25) is 5.95 Å². The van der Waals surface area contributed by atoms with Gasteiger partial charge < -0.3 is 10.6 Å². The highest BCUT2D eigenvalue weighted by Gasteiger charge is 2.37. The maximum atomic E-state index is 13.3. The number of aryl methyl sites for hydroxylation is 1. The molecule has 1 aliphatic carbocycles. The van der Waals surface area contributed by atoms with E-state index >= 15 is 0 Å². The predicted molar refractivity (Wildman–Crippen MR) is 98.6 cm³/mol. The normalized spacial score (nSPS) is 16.8. The van der Waals surface area contributed by atoms with E-state index < -0.39 is 24.3 Å². The number of alkyl halides is 3. The Morgan fingerprint density at radius 3 is 2.55 bits per heavy atom. The molecule has 0 atom stereocenters. The summed E-state index contributed by atoms with van der Waals surface area (Å²) in [5, 5.41) is 17.8. The van der Waals surface area contributed by atoms with Crippen LogP contribution >= 0.6 is 0 Å². The van der Waals surface area contributed by atoms with Gasteiger partial charge in [0.15, 0.2) is 0 Å². The van der Waals surface area contributed by atoms with Crippen molar-refractivity contribution < 1.29 is 17.3 Å². The third kappa shape index (κ3) is 3.87. The van der Waals surface area contributed by atoms with Crippen LogP contribution in [0.3, 0.4) is 0 Å². The number of hydrogen-bond donors (Lipinski definition) is 2. The van der Waals surface area contributed by atoms with Crippen LogP contribution in [0.4, 0.5) is 30.8 Å². The third-order valence-corrected chi connectivity index (χ3v) is 4.51. The van der Waals surface area contributed by atoms with E-state index in [2.05, 4.69) is 35.9 Å². The van der Waals surface area contributed by atoms with Crippen LogP contribution in [-0.4, -0.2) is 40.8 Å². The van der Waals surface area contributed by atoms with Gasteiger partial charge in [0.1, 0.15) is 22.7 Å². The van der Waals surface area contributed by atoms with Gasteiger partial charge in [-0.05, 0) is 26.7 Å². The van der Waals surface area contributed by atoms with Crippen LogP contribution in [0, 0.1) is 0 Å². The Balaban J connectivity index is 1.71. The van der Waals surface area contributed by atoms with Crippen LogP contribution < -0.4 is 10.6 Å². The molecule has 9 nitrogen and oxygen atoms in total. The van der Waals surface area contributed by atoms with E-state index in [1.54, 1.807) is 13.8 Å². The molecule has 0 saturated heterocycles. The quantitative estimate of drug-likeness (QED) is 0.645. The maximum Gasteiger partial charge on any atom is 0.421 e.